The van der Waals surface area contributed by atoms with E-state index in [0.717, 1.165) is 12.0 Å². The first-order valence-corrected chi connectivity index (χ1v) is 8.24. The number of allylic oxidation sites excluding steroid dienone is 2. The van der Waals surface area contributed by atoms with Crippen LogP contribution >= 0.6 is 0 Å². The van der Waals surface area contributed by atoms with Crippen LogP contribution in [0.15, 0.2) is 42.0 Å². The summed E-state index contributed by atoms with van der Waals surface area (Å²) in [6, 6.07) is 9.34. The SMILES string of the molecule is CCOC(=O)[C@@]1(CCC=C(C)C)CC[C@](O)(c2ccccc2)[N]1.[Cu]. The molecule has 5 heteroatoms. The van der Waals surface area contributed by atoms with Crippen molar-refractivity contribution >= 4 is 5.97 Å². The third-order valence-corrected chi connectivity index (χ3v) is 4.29. The summed E-state index contributed by atoms with van der Waals surface area (Å²) in [5.74, 6) is -0.325. The molecule has 0 unspecified atom stereocenters. The molecule has 1 aromatic carbocycles. The van der Waals surface area contributed by atoms with Crippen molar-refractivity contribution < 1.29 is 31.7 Å². The number of hydrogen-bond acceptors (Lipinski definition) is 3. The molecule has 1 aliphatic heterocycles. The third kappa shape index (κ3) is 4.70. The zero-order valence-electron chi connectivity index (χ0n) is 14.5. The van der Waals surface area contributed by atoms with Crippen molar-refractivity contribution in [3.8, 4) is 0 Å². The van der Waals surface area contributed by atoms with E-state index in [4.69, 9.17) is 4.74 Å². The first-order valence-electron chi connectivity index (χ1n) is 8.24. The Morgan fingerprint density at radius 2 is 1.96 bits per heavy atom. The first kappa shape index (κ1) is 20.9. The number of rotatable bonds is 6. The Morgan fingerprint density at radius 1 is 1.29 bits per heavy atom. The molecule has 24 heavy (non-hydrogen) atoms. The van der Waals surface area contributed by atoms with Crippen LogP contribution in [0.5, 0.6) is 0 Å². The van der Waals surface area contributed by atoms with Crippen molar-refractivity contribution in [1.29, 1.82) is 0 Å². The van der Waals surface area contributed by atoms with Gasteiger partial charge in [-0.25, -0.2) is 4.79 Å². The molecule has 4 nitrogen and oxygen atoms in total. The minimum absolute atomic E-state index is 0. The molecule has 0 amide bonds. The maximum absolute atomic E-state index is 12.5. The molecule has 1 saturated heterocycles. The van der Waals surface area contributed by atoms with Gasteiger partial charge in [0.15, 0.2) is 5.72 Å². The molecule has 0 spiro atoms. The second-order valence-electron chi connectivity index (χ2n) is 6.37. The molecule has 1 fully saturated rings. The first-order chi connectivity index (χ1) is 10.9. The van der Waals surface area contributed by atoms with Gasteiger partial charge in [-0.1, -0.05) is 42.0 Å². The molecule has 136 valence electrons. The van der Waals surface area contributed by atoms with Crippen LogP contribution in [0.2, 0.25) is 0 Å². The summed E-state index contributed by atoms with van der Waals surface area (Å²) in [6.07, 6.45) is 4.34. The Labute approximate surface area is 155 Å². The minimum atomic E-state index is -1.31. The van der Waals surface area contributed by atoms with Crippen LogP contribution in [0.25, 0.3) is 0 Å². The van der Waals surface area contributed by atoms with Gasteiger partial charge in [-0.3, -0.25) is 0 Å². The van der Waals surface area contributed by atoms with E-state index in [1.807, 2.05) is 44.2 Å². The maximum Gasteiger partial charge on any atom is 0.328 e. The monoisotopic (exact) mass is 379 g/mol. The molecule has 0 aliphatic carbocycles. The van der Waals surface area contributed by atoms with Crippen molar-refractivity contribution in [2.75, 3.05) is 6.61 Å². The Kier molecular flexibility index (Phi) is 7.68. The molecule has 2 rings (SSSR count). The summed E-state index contributed by atoms with van der Waals surface area (Å²) >= 11 is 0. The maximum atomic E-state index is 12.5. The molecule has 2 radical (unpaired) electrons. The van der Waals surface area contributed by atoms with Gasteiger partial charge >= 0.3 is 5.97 Å². The van der Waals surface area contributed by atoms with Gasteiger partial charge in [0.2, 0.25) is 0 Å². The van der Waals surface area contributed by atoms with Gasteiger partial charge in [0.1, 0.15) is 5.54 Å². The second kappa shape index (κ2) is 8.82. The van der Waals surface area contributed by atoms with Crippen LogP contribution in [0.3, 0.4) is 0 Å². The van der Waals surface area contributed by atoms with Crippen LogP contribution in [0.4, 0.5) is 0 Å². The Balaban J connectivity index is 0.00000288. The zero-order valence-corrected chi connectivity index (χ0v) is 15.5. The third-order valence-electron chi connectivity index (χ3n) is 4.29. The minimum Gasteiger partial charge on any atom is -0.465 e. The van der Waals surface area contributed by atoms with Gasteiger partial charge in [-0.15, -0.1) is 0 Å². The average Bonchev–Trinajstić information content (AvgIpc) is 2.88. The van der Waals surface area contributed by atoms with Gasteiger partial charge in [0.25, 0.3) is 0 Å². The van der Waals surface area contributed by atoms with E-state index in [9.17, 15) is 9.90 Å². The zero-order chi connectivity index (χ0) is 16.9. The number of aliphatic hydroxyl groups is 1. The second-order valence-corrected chi connectivity index (χ2v) is 6.37. The van der Waals surface area contributed by atoms with E-state index in [0.29, 0.717) is 25.9 Å². The molecular weight excluding hydrogens is 354 g/mol. The number of nitrogens with zero attached hydrogens (tertiary/aromatic N) is 1. The number of esters is 1. The van der Waals surface area contributed by atoms with Gasteiger partial charge in [0.05, 0.1) is 6.61 Å². The van der Waals surface area contributed by atoms with Crippen LogP contribution in [-0.2, 0) is 32.3 Å². The van der Waals surface area contributed by atoms with E-state index >= 15 is 0 Å². The Hall–Kier alpha value is -1.13. The van der Waals surface area contributed by atoms with E-state index in [-0.39, 0.29) is 23.0 Å². The van der Waals surface area contributed by atoms with E-state index < -0.39 is 11.3 Å². The van der Waals surface area contributed by atoms with Crippen molar-refractivity contribution in [2.45, 2.75) is 57.7 Å². The fourth-order valence-electron chi connectivity index (χ4n) is 3.06. The molecule has 1 N–H and O–H groups in total. The molecule has 1 aliphatic rings. The van der Waals surface area contributed by atoms with Gasteiger partial charge in [-0.2, -0.15) is 5.32 Å². The number of hydrogen-bond donors (Lipinski definition) is 1. The predicted molar refractivity (Wildman–Crippen MR) is 89.7 cm³/mol. The molecule has 1 heterocycles. The summed E-state index contributed by atoms with van der Waals surface area (Å²) in [6.45, 7) is 6.18. The van der Waals surface area contributed by atoms with E-state index in [2.05, 4.69) is 11.4 Å². The Bertz CT molecular complexity index is 571. The fourth-order valence-corrected chi connectivity index (χ4v) is 3.06. The largest absolute Gasteiger partial charge is 0.465 e. The standard InChI is InChI=1S/C19H26NO3.Cu/c1-4-23-17(21)18(12-8-9-15(2)3)13-14-19(22,20-18)16-10-6-5-7-11-16;/h5-7,9-11,22H,4,8,12-14H2,1-3H3;/t18-,19+;/m1./s1. The quantitative estimate of drug-likeness (QED) is 0.468. The van der Waals surface area contributed by atoms with Gasteiger partial charge in [-0.05, 0) is 52.0 Å². The van der Waals surface area contributed by atoms with Crippen LogP contribution < -0.4 is 5.32 Å². The van der Waals surface area contributed by atoms with E-state index in [1.165, 1.54) is 5.57 Å². The topological polar surface area (TPSA) is 60.6 Å². The van der Waals surface area contributed by atoms with Crippen LogP contribution in [0, 0.1) is 0 Å². The summed E-state index contributed by atoms with van der Waals surface area (Å²) in [4.78, 5) is 12.5. The smallest absolute Gasteiger partial charge is 0.328 e. The molecule has 1 aromatic rings. The van der Waals surface area contributed by atoms with Crippen LogP contribution in [-0.4, -0.2) is 23.2 Å². The Morgan fingerprint density at radius 3 is 2.54 bits per heavy atom. The number of benzene rings is 1. The number of carbonyl (C=O) groups excluding carboxylic acids is 1. The predicted octanol–water partition coefficient (Wildman–Crippen LogP) is 3.28. The fraction of sp³-hybridized carbons (Fsp3) is 0.526. The summed E-state index contributed by atoms with van der Waals surface area (Å²) in [5, 5.41) is 15.5. The molecule has 0 bridgehead atoms. The van der Waals surface area contributed by atoms with Crippen LogP contribution in [0.1, 0.15) is 52.0 Å². The van der Waals surface area contributed by atoms with Gasteiger partial charge in [0, 0.05) is 17.1 Å². The van der Waals surface area contributed by atoms with Crippen molar-refractivity contribution in [3.63, 3.8) is 0 Å². The molecule has 0 aromatic heterocycles. The summed E-state index contributed by atoms with van der Waals surface area (Å²) < 4.78 is 5.25. The van der Waals surface area contributed by atoms with E-state index in [1.54, 1.807) is 6.92 Å². The molecular formula is C19H26CuNO3. The van der Waals surface area contributed by atoms with Gasteiger partial charge < -0.3 is 9.84 Å². The average molecular weight is 380 g/mol. The summed E-state index contributed by atoms with van der Waals surface area (Å²) in [5.41, 5.74) is -0.320. The number of carbonyl (C=O) groups is 1. The number of ether oxygens (including phenoxy) is 1. The molecule has 2 atom stereocenters. The molecule has 0 saturated carbocycles. The van der Waals surface area contributed by atoms with Crippen molar-refractivity contribution in [1.82, 2.24) is 5.32 Å². The van der Waals surface area contributed by atoms with Crippen molar-refractivity contribution in [3.05, 3.63) is 47.5 Å². The van der Waals surface area contributed by atoms with Crippen molar-refractivity contribution in [2.24, 2.45) is 0 Å². The summed E-state index contributed by atoms with van der Waals surface area (Å²) in [7, 11) is 0. The normalized spacial score (nSPS) is 25.7.